The Labute approximate surface area is 109 Å². The first-order valence-electron chi connectivity index (χ1n) is 6.21. The van der Waals surface area contributed by atoms with Gasteiger partial charge in [0, 0.05) is 13.0 Å². The molecule has 0 radical (unpaired) electrons. The molecule has 0 atom stereocenters. The number of halogens is 1. The summed E-state index contributed by atoms with van der Waals surface area (Å²) >= 11 is 0. The first-order chi connectivity index (χ1) is 8.26. The lowest BCUT2D eigenvalue weighted by atomic mass is 9.96. The highest BCUT2D eigenvalue weighted by Gasteiger charge is 2.15. The number of hydrogen-bond acceptors (Lipinski definition) is 2. The molecule has 0 amide bonds. The molecule has 0 N–H and O–H groups in total. The summed E-state index contributed by atoms with van der Waals surface area (Å²) in [4.78, 5) is 13.9. The third-order valence-electron chi connectivity index (χ3n) is 2.51. The molecule has 0 aliphatic heterocycles. The van der Waals surface area contributed by atoms with E-state index in [4.69, 9.17) is 0 Å². The molecule has 0 heterocycles. The Hall–Kier alpha value is -1.22. The second-order valence-electron chi connectivity index (χ2n) is 6.07. The van der Waals surface area contributed by atoms with Crippen molar-refractivity contribution in [3.8, 4) is 0 Å². The molecule has 0 aliphatic rings. The molecule has 2 nitrogen and oxygen atoms in total. The normalized spacial score (nSPS) is 11.9. The monoisotopic (exact) mass is 251 g/mol. The molecule has 1 rings (SSSR count). The molecule has 100 valence electrons. The van der Waals surface area contributed by atoms with Crippen molar-refractivity contribution in [3.63, 3.8) is 0 Å². The van der Waals surface area contributed by atoms with Crippen LogP contribution >= 0.6 is 0 Å². The van der Waals surface area contributed by atoms with Crippen molar-refractivity contribution < 1.29 is 9.18 Å². The van der Waals surface area contributed by atoms with Gasteiger partial charge in [-0.3, -0.25) is 9.69 Å². The number of hydrogen-bond donors (Lipinski definition) is 0. The number of Topliss-reactive ketones (excluding diaryl/α,β-unsaturated/α-hetero) is 1. The van der Waals surface area contributed by atoms with E-state index >= 15 is 0 Å². The van der Waals surface area contributed by atoms with Gasteiger partial charge < -0.3 is 0 Å². The van der Waals surface area contributed by atoms with Crippen molar-refractivity contribution in [2.24, 2.45) is 5.41 Å². The highest BCUT2D eigenvalue weighted by molar-refractivity contribution is 5.82. The SMILES string of the molecule is CN(CC(=O)Cc1ccc(F)cc1)CC(C)(C)C. The predicted molar refractivity (Wildman–Crippen MR) is 72.1 cm³/mol. The van der Waals surface area contributed by atoms with Gasteiger partial charge in [-0.2, -0.15) is 0 Å². The highest BCUT2D eigenvalue weighted by atomic mass is 19.1. The number of carbonyl (C=O) groups excluding carboxylic acids is 1. The highest BCUT2D eigenvalue weighted by Crippen LogP contribution is 2.14. The largest absolute Gasteiger partial charge is 0.299 e. The Morgan fingerprint density at radius 3 is 2.28 bits per heavy atom. The van der Waals surface area contributed by atoms with Crippen LogP contribution in [0.1, 0.15) is 26.3 Å². The molecule has 0 saturated carbocycles. The molecule has 3 heteroatoms. The Bertz CT molecular complexity index is 392. The summed E-state index contributed by atoms with van der Waals surface area (Å²) in [7, 11) is 1.95. The van der Waals surface area contributed by atoms with Gasteiger partial charge in [-0.25, -0.2) is 4.39 Å². The van der Waals surface area contributed by atoms with Crippen LogP contribution in [-0.2, 0) is 11.2 Å². The van der Waals surface area contributed by atoms with E-state index in [1.807, 2.05) is 11.9 Å². The van der Waals surface area contributed by atoms with E-state index in [2.05, 4.69) is 20.8 Å². The Morgan fingerprint density at radius 2 is 1.78 bits per heavy atom. The fraction of sp³-hybridized carbons (Fsp3) is 0.533. The number of rotatable bonds is 5. The van der Waals surface area contributed by atoms with Gasteiger partial charge in [0.25, 0.3) is 0 Å². The van der Waals surface area contributed by atoms with E-state index in [9.17, 15) is 9.18 Å². The Kier molecular flexibility index (Phi) is 5.03. The van der Waals surface area contributed by atoms with Crippen LogP contribution < -0.4 is 0 Å². The molecule has 0 unspecified atom stereocenters. The fourth-order valence-electron chi connectivity index (χ4n) is 2.05. The quantitative estimate of drug-likeness (QED) is 0.802. The maximum atomic E-state index is 12.7. The zero-order valence-corrected chi connectivity index (χ0v) is 11.7. The lowest BCUT2D eigenvalue weighted by Gasteiger charge is -2.25. The summed E-state index contributed by atoms with van der Waals surface area (Å²) in [5.41, 5.74) is 1.05. The lowest BCUT2D eigenvalue weighted by Crippen LogP contribution is -2.34. The minimum Gasteiger partial charge on any atom is -0.299 e. The zero-order chi connectivity index (χ0) is 13.8. The van der Waals surface area contributed by atoms with E-state index in [1.54, 1.807) is 12.1 Å². The van der Waals surface area contributed by atoms with Gasteiger partial charge in [0.2, 0.25) is 0 Å². The molecule has 0 aliphatic carbocycles. The minimum atomic E-state index is -0.268. The molecule has 0 saturated heterocycles. The van der Waals surface area contributed by atoms with E-state index in [0.717, 1.165) is 12.1 Å². The molecule has 18 heavy (non-hydrogen) atoms. The van der Waals surface area contributed by atoms with E-state index in [-0.39, 0.29) is 17.0 Å². The van der Waals surface area contributed by atoms with Gasteiger partial charge in [0.05, 0.1) is 6.54 Å². The van der Waals surface area contributed by atoms with Crippen LogP contribution in [-0.4, -0.2) is 30.8 Å². The molecule has 0 bridgehead atoms. The van der Waals surface area contributed by atoms with Gasteiger partial charge in [-0.05, 0) is 30.2 Å². The number of likely N-dealkylation sites (N-methyl/N-ethyl adjacent to an activating group) is 1. The van der Waals surface area contributed by atoms with E-state index < -0.39 is 0 Å². The van der Waals surface area contributed by atoms with Crippen LogP contribution in [0.3, 0.4) is 0 Å². The van der Waals surface area contributed by atoms with Crippen LogP contribution in [0, 0.1) is 11.2 Å². The van der Waals surface area contributed by atoms with Crippen LogP contribution in [0.4, 0.5) is 4.39 Å². The molecule has 0 spiro atoms. The lowest BCUT2D eigenvalue weighted by molar-refractivity contribution is -0.119. The second-order valence-corrected chi connectivity index (χ2v) is 6.07. The van der Waals surface area contributed by atoms with Crippen LogP contribution in [0.2, 0.25) is 0 Å². The standard InChI is InChI=1S/C15H22FNO/c1-15(2,3)11-17(4)10-14(18)9-12-5-7-13(16)8-6-12/h5-8H,9-11H2,1-4H3. The van der Waals surface area contributed by atoms with Gasteiger partial charge in [-0.15, -0.1) is 0 Å². The van der Waals surface area contributed by atoms with Gasteiger partial charge >= 0.3 is 0 Å². The van der Waals surface area contributed by atoms with Crippen molar-refractivity contribution in [1.82, 2.24) is 4.90 Å². The van der Waals surface area contributed by atoms with E-state index in [0.29, 0.717) is 13.0 Å². The zero-order valence-electron chi connectivity index (χ0n) is 11.7. The summed E-state index contributed by atoms with van der Waals surface area (Å²) in [6.07, 6.45) is 0.370. The van der Waals surface area contributed by atoms with Gasteiger partial charge in [-0.1, -0.05) is 32.9 Å². The number of benzene rings is 1. The van der Waals surface area contributed by atoms with Crippen LogP contribution in [0.15, 0.2) is 24.3 Å². The smallest absolute Gasteiger partial charge is 0.151 e. The number of carbonyl (C=O) groups is 1. The number of nitrogens with zero attached hydrogens (tertiary/aromatic N) is 1. The van der Waals surface area contributed by atoms with Crippen molar-refractivity contribution in [2.45, 2.75) is 27.2 Å². The summed E-state index contributed by atoms with van der Waals surface area (Å²) in [6, 6.07) is 6.11. The van der Waals surface area contributed by atoms with Crippen molar-refractivity contribution in [3.05, 3.63) is 35.6 Å². The summed E-state index contributed by atoms with van der Waals surface area (Å²) in [5, 5.41) is 0. The Balaban J connectivity index is 2.44. The third-order valence-corrected chi connectivity index (χ3v) is 2.51. The van der Waals surface area contributed by atoms with Crippen molar-refractivity contribution in [2.75, 3.05) is 20.1 Å². The second kappa shape index (κ2) is 6.10. The molecular formula is C15H22FNO. The fourth-order valence-corrected chi connectivity index (χ4v) is 2.05. The summed E-state index contributed by atoms with van der Waals surface area (Å²) in [5.74, 6) is -0.107. The molecule has 0 aromatic heterocycles. The summed E-state index contributed by atoms with van der Waals surface area (Å²) in [6.45, 7) is 7.76. The van der Waals surface area contributed by atoms with Crippen LogP contribution in [0.25, 0.3) is 0 Å². The average Bonchev–Trinajstić information content (AvgIpc) is 2.18. The Morgan fingerprint density at radius 1 is 1.22 bits per heavy atom. The molecular weight excluding hydrogens is 229 g/mol. The molecule has 1 aromatic rings. The first-order valence-corrected chi connectivity index (χ1v) is 6.21. The molecule has 0 fully saturated rings. The van der Waals surface area contributed by atoms with Crippen molar-refractivity contribution >= 4 is 5.78 Å². The van der Waals surface area contributed by atoms with Gasteiger partial charge in [0.15, 0.2) is 5.78 Å². The first kappa shape index (κ1) is 14.8. The van der Waals surface area contributed by atoms with Gasteiger partial charge in [0.1, 0.15) is 5.82 Å². The third kappa shape index (κ3) is 5.92. The summed E-state index contributed by atoms with van der Waals surface area (Å²) < 4.78 is 12.7. The minimum absolute atomic E-state index is 0.161. The topological polar surface area (TPSA) is 20.3 Å². The predicted octanol–water partition coefficient (Wildman–Crippen LogP) is 2.92. The van der Waals surface area contributed by atoms with E-state index in [1.165, 1.54) is 12.1 Å². The maximum Gasteiger partial charge on any atom is 0.151 e. The molecule has 1 aromatic carbocycles. The van der Waals surface area contributed by atoms with Crippen molar-refractivity contribution in [1.29, 1.82) is 0 Å². The van der Waals surface area contributed by atoms with Crippen LogP contribution in [0.5, 0.6) is 0 Å². The average molecular weight is 251 g/mol. The number of ketones is 1. The maximum absolute atomic E-state index is 12.7.